The summed E-state index contributed by atoms with van der Waals surface area (Å²) in [7, 11) is 1.60. The maximum Gasteiger partial charge on any atom is 0.332 e. The molecular weight excluding hydrogens is 598 g/mol. The van der Waals surface area contributed by atoms with Crippen molar-refractivity contribution < 1.29 is 29.3 Å². The Morgan fingerprint density at radius 2 is 1.68 bits per heavy atom. The Hall–Kier alpha value is -5.29. The van der Waals surface area contributed by atoms with Gasteiger partial charge in [-0.25, -0.2) is 4.79 Å². The van der Waals surface area contributed by atoms with Gasteiger partial charge in [-0.05, 0) is 65.6 Å². The summed E-state index contributed by atoms with van der Waals surface area (Å²) in [5.74, 6) is -0.345. The van der Waals surface area contributed by atoms with Gasteiger partial charge in [-0.2, -0.15) is 5.01 Å². The molecule has 0 spiro atoms. The third-order valence-electron chi connectivity index (χ3n) is 8.85. The van der Waals surface area contributed by atoms with E-state index >= 15 is 0 Å². The maximum atomic E-state index is 14.3. The van der Waals surface area contributed by atoms with Crippen LogP contribution in [0.25, 0.3) is 10.8 Å². The zero-order valence-electron chi connectivity index (χ0n) is 26.7. The number of hydrazine groups is 1. The van der Waals surface area contributed by atoms with Gasteiger partial charge in [0.05, 0.1) is 20.2 Å². The summed E-state index contributed by atoms with van der Waals surface area (Å²) >= 11 is 0. The molecule has 2 saturated heterocycles. The van der Waals surface area contributed by atoms with Crippen LogP contribution in [0.15, 0.2) is 84.9 Å². The summed E-state index contributed by atoms with van der Waals surface area (Å²) < 4.78 is 5.23. The summed E-state index contributed by atoms with van der Waals surface area (Å²) in [4.78, 5) is 45.1. The van der Waals surface area contributed by atoms with E-state index in [2.05, 4.69) is 5.32 Å². The number of rotatable bonds is 9. The number of piperazine rings is 1. The summed E-state index contributed by atoms with van der Waals surface area (Å²) in [6.45, 7) is 4.49. The average molecular weight is 638 g/mol. The molecule has 11 heteroatoms. The van der Waals surface area contributed by atoms with Crippen molar-refractivity contribution in [1.82, 2.24) is 25.1 Å². The maximum absolute atomic E-state index is 14.3. The predicted octanol–water partition coefficient (Wildman–Crippen LogP) is 4.22. The number of methoxy groups -OCH3 is 1. The van der Waals surface area contributed by atoms with Crippen LogP contribution < -0.4 is 10.1 Å². The Morgan fingerprint density at radius 1 is 0.957 bits per heavy atom. The minimum atomic E-state index is -0.887. The molecule has 4 aromatic rings. The summed E-state index contributed by atoms with van der Waals surface area (Å²) in [6, 6.07) is 24.3. The fourth-order valence-electron chi connectivity index (χ4n) is 6.57. The average Bonchev–Trinajstić information content (AvgIpc) is 3.38. The minimum absolute atomic E-state index is 0.0779. The lowest BCUT2D eigenvalue weighted by molar-refractivity contribution is -0.158. The van der Waals surface area contributed by atoms with Crippen molar-refractivity contribution in [2.75, 3.05) is 20.2 Å². The number of carbonyl (C=O) groups is 3. The lowest BCUT2D eigenvalue weighted by atomic mass is 9.98. The molecule has 2 aliphatic rings. The molecule has 0 saturated carbocycles. The van der Waals surface area contributed by atoms with Gasteiger partial charge in [0.15, 0.2) is 11.5 Å². The lowest BCUT2D eigenvalue weighted by Gasteiger charge is -2.47. The van der Waals surface area contributed by atoms with Gasteiger partial charge in [0.2, 0.25) is 11.8 Å². The molecule has 2 fully saturated rings. The number of amides is 4. The monoisotopic (exact) mass is 637 g/mol. The van der Waals surface area contributed by atoms with Gasteiger partial charge >= 0.3 is 6.03 Å². The SMILES string of the molecule is COc1ccc(CNC(=O)N(C(C)C)N2CC(=O)N3[C@@H](Cc4ccc(O)c(O)c4)C(=O)N(Cc4cccc5ccccc45)C[C@@H]32)cc1. The van der Waals surface area contributed by atoms with Crippen molar-refractivity contribution in [2.24, 2.45) is 0 Å². The van der Waals surface area contributed by atoms with Crippen LogP contribution in [0.5, 0.6) is 17.2 Å². The fraction of sp³-hybridized carbons (Fsp3) is 0.306. The Morgan fingerprint density at radius 3 is 2.40 bits per heavy atom. The van der Waals surface area contributed by atoms with E-state index in [1.54, 1.807) is 33.0 Å². The van der Waals surface area contributed by atoms with E-state index in [1.807, 2.05) is 80.6 Å². The van der Waals surface area contributed by atoms with Gasteiger partial charge in [0, 0.05) is 25.6 Å². The van der Waals surface area contributed by atoms with Crippen LogP contribution >= 0.6 is 0 Å². The summed E-state index contributed by atoms with van der Waals surface area (Å²) in [6.07, 6.45) is -0.486. The van der Waals surface area contributed by atoms with Crippen molar-refractivity contribution in [2.45, 2.75) is 51.6 Å². The number of phenols is 2. The molecular formula is C36H39N5O6. The smallest absolute Gasteiger partial charge is 0.332 e. The minimum Gasteiger partial charge on any atom is -0.504 e. The first-order chi connectivity index (χ1) is 22.6. The number of phenolic OH excluding ortho intramolecular Hbond substituents is 2. The van der Waals surface area contributed by atoms with Crippen molar-refractivity contribution >= 4 is 28.6 Å². The molecule has 3 N–H and O–H groups in total. The number of nitrogens with zero attached hydrogens (tertiary/aromatic N) is 4. The quantitative estimate of drug-likeness (QED) is 0.235. The highest BCUT2D eigenvalue weighted by molar-refractivity contribution is 5.92. The van der Waals surface area contributed by atoms with E-state index < -0.39 is 12.2 Å². The number of carbonyl (C=O) groups excluding carboxylic acids is 3. The molecule has 2 heterocycles. The van der Waals surface area contributed by atoms with Crippen LogP contribution in [0.4, 0.5) is 4.79 Å². The molecule has 0 bridgehead atoms. The number of hydrogen-bond acceptors (Lipinski definition) is 7. The molecule has 0 aromatic heterocycles. The number of nitrogens with one attached hydrogen (secondary N) is 1. The Labute approximate surface area is 273 Å². The van der Waals surface area contributed by atoms with Crippen LogP contribution in [0.2, 0.25) is 0 Å². The highest BCUT2D eigenvalue weighted by Gasteiger charge is 2.52. The molecule has 2 atom stereocenters. The van der Waals surface area contributed by atoms with Gasteiger partial charge in [0.25, 0.3) is 0 Å². The molecule has 0 aliphatic carbocycles. The largest absolute Gasteiger partial charge is 0.504 e. The highest BCUT2D eigenvalue weighted by atomic mass is 16.5. The summed E-state index contributed by atoms with van der Waals surface area (Å²) in [5.41, 5.74) is 2.46. The second-order valence-electron chi connectivity index (χ2n) is 12.2. The molecule has 0 radical (unpaired) electrons. The number of fused-ring (bicyclic) bond motifs is 2. The normalized spacial score (nSPS) is 18.1. The van der Waals surface area contributed by atoms with Gasteiger partial charge in [-0.15, -0.1) is 0 Å². The van der Waals surface area contributed by atoms with Gasteiger partial charge in [-0.3, -0.25) is 14.6 Å². The topological polar surface area (TPSA) is 126 Å². The van der Waals surface area contributed by atoms with Crippen LogP contribution in [0.3, 0.4) is 0 Å². The zero-order chi connectivity index (χ0) is 33.2. The number of ether oxygens (including phenoxy) is 1. The Balaban J connectivity index is 1.31. The molecule has 11 nitrogen and oxygen atoms in total. The van der Waals surface area contributed by atoms with E-state index in [9.17, 15) is 24.6 Å². The highest BCUT2D eigenvalue weighted by Crippen LogP contribution is 2.33. The molecule has 4 amide bonds. The lowest BCUT2D eigenvalue weighted by Crippen LogP contribution is -2.66. The second kappa shape index (κ2) is 13.2. The molecule has 6 rings (SSSR count). The van der Waals surface area contributed by atoms with E-state index in [1.165, 1.54) is 12.1 Å². The third-order valence-corrected chi connectivity index (χ3v) is 8.85. The number of urea groups is 1. The van der Waals surface area contributed by atoms with E-state index in [4.69, 9.17) is 4.74 Å². The summed E-state index contributed by atoms with van der Waals surface area (Å²) in [5, 5.41) is 28.5. The molecule has 244 valence electrons. The van der Waals surface area contributed by atoms with Crippen molar-refractivity contribution in [3.63, 3.8) is 0 Å². The molecule has 47 heavy (non-hydrogen) atoms. The fourth-order valence-corrected chi connectivity index (χ4v) is 6.57. The van der Waals surface area contributed by atoms with E-state index in [0.29, 0.717) is 12.1 Å². The first-order valence-corrected chi connectivity index (χ1v) is 15.7. The van der Waals surface area contributed by atoms with Crippen LogP contribution in [-0.4, -0.2) is 86.3 Å². The van der Waals surface area contributed by atoms with Crippen molar-refractivity contribution in [1.29, 1.82) is 0 Å². The van der Waals surface area contributed by atoms with Crippen molar-refractivity contribution in [3.05, 3.63) is 102 Å². The van der Waals surface area contributed by atoms with Gasteiger partial charge < -0.3 is 30.1 Å². The predicted molar refractivity (Wildman–Crippen MR) is 176 cm³/mol. The first-order valence-electron chi connectivity index (χ1n) is 15.7. The zero-order valence-corrected chi connectivity index (χ0v) is 26.7. The van der Waals surface area contributed by atoms with Crippen LogP contribution in [0, 0.1) is 0 Å². The molecule has 4 aromatic carbocycles. The van der Waals surface area contributed by atoms with Crippen LogP contribution in [0.1, 0.15) is 30.5 Å². The van der Waals surface area contributed by atoms with Crippen molar-refractivity contribution in [3.8, 4) is 17.2 Å². The Kier molecular flexibility index (Phi) is 8.91. The van der Waals surface area contributed by atoms with Crippen LogP contribution in [-0.2, 0) is 29.1 Å². The standard InChI is InChI=1S/C36H39N5O6/c1-23(2)41(36(46)37-19-24-11-14-28(47-3)15-12-24)39-22-34(44)40-30(17-25-13-16-31(42)32(43)18-25)35(45)38(21-33(39)40)20-27-9-6-8-26-7-4-5-10-29(26)27/h4-16,18,23,30,33,42-43H,17,19-22H2,1-3H3,(H,37,46)/t30-,33+/m0/s1. The van der Waals surface area contributed by atoms with E-state index in [0.717, 1.165) is 27.6 Å². The Bertz CT molecular complexity index is 1790. The first kappa shape index (κ1) is 31.7. The molecule has 0 unspecified atom stereocenters. The van der Waals surface area contributed by atoms with Gasteiger partial charge in [-0.1, -0.05) is 60.7 Å². The van der Waals surface area contributed by atoms with E-state index in [-0.39, 0.29) is 61.4 Å². The molecule has 2 aliphatic heterocycles. The number of aromatic hydroxyl groups is 2. The second-order valence-corrected chi connectivity index (χ2v) is 12.2. The van der Waals surface area contributed by atoms with Gasteiger partial charge in [0.1, 0.15) is 18.0 Å². The number of benzene rings is 4. The number of hydrogen-bond donors (Lipinski definition) is 3. The third kappa shape index (κ3) is 6.39.